The van der Waals surface area contributed by atoms with Crippen LogP contribution in [0.4, 0.5) is 18.9 Å². The lowest BCUT2D eigenvalue weighted by molar-refractivity contribution is -0.280. The first-order chi connectivity index (χ1) is 13.3. The number of alkyl halides is 3. The Morgan fingerprint density at radius 1 is 0.862 bits per heavy atom. The summed E-state index contributed by atoms with van der Waals surface area (Å²) in [5.41, 5.74) is 0.724. The number of piperidine rings is 1. The Morgan fingerprint density at radius 3 is 1.76 bits per heavy atom. The maximum Gasteiger partial charge on any atom is 0.416 e. The van der Waals surface area contributed by atoms with Crippen molar-refractivity contribution in [2.45, 2.75) is 43.4 Å². The topological polar surface area (TPSA) is 84.2 Å². The molecule has 1 aliphatic rings. The summed E-state index contributed by atoms with van der Waals surface area (Å²) < 4.78 is 38.3. The molecule has 0 saturated carbocycles. The predicted octanol–water partition coefficient (Wildman–Crippen LogP) is 2.79. The van der Waals surface area contributed by atoms with Gasteiger partial charge in [0.05, 0.1) is 24.6 Å². The monoisotopic (exact) mass is 411 g/mol. The minimum absolute atomic E-state index is 0.0113. The second-order valence-corrected chi connectivity index (χ2v) is 7.91. The molecule has 0 spiro atoms. The van der Waals surface area contributed by atoms with Crippen molar-refractivity contribution in [3.05, 3.63) is 65.2 Å². The lowest BCUT2D eigenvalue weighted by Gasteiger charge is -2.49. The van der Waals surface area contributed by atoms with Gasteiger partial charge in [-0.25, -0.2) is 0 Å². The average Bonchev–Trinajstić information content (AvgIpc) is 2.59. The molecule has 0 aliphatic carbocycles. The van der Waals surface area contributed by atoms with Gasteiger partial charge in [0.15, 0.2) is 11.6 Å². The summed E-state index contributed by atoms with van der Waals surface area (Å²) in [7, 11) is 0. The van der Waals surface area contributed by atoms with Gasteiger partial charge in [0.25, 0.3) is 0 Å². The minimum atomic E-state index is -4.55. The van der Waals surface area contributed by atoms with E-state index in [1.54, 1.807) is 12.1 Å². The molecule has 2 aromatic rings. The maximum absolute atomic E-state index is 12.8. The molecule has 29 heavy (non-hydrogen) atoms. The first kappa shape index (κ1) is 21.6. The predicted molar refractivity (Wildman–Crippen MR) is 101 cm³/mol. The first-order valence-electron chi connectivity index (χ1n) is 9.23. The van der Waals surface area contributed by atoms with Crippen molar-refractivity contribution in [1.29, 1.82) is 0 Å². The van der Waals surface area contributed by atoms with Gasteiger partial charge in [-0.3, -0.25) is 0 Å². The van der Waals surface area contributed by atoms with Crippen LogP contribution >= 0.6 is 0 Å². The summed E-state index contributed by atoms with van der Waals surface area (Å²) in [6.07, 6.45) is -4.55. The summed E-state index contributed by atoms with van der Waals surface area (Å²) in [5, 5.41) is 42.4. The largest absolute Gasteiger partial charge is 0.416 e. The summed E-state index contributed by atoms with van der Waals surface area (Å²) in [4.78, 5) is 1.42. The number of benzene rings is 2. The number of rotatable bonds is 3. The summed E-state index contributed by atoms with van der Waals surface area (Å²) in [5.74, 6) is -6.47. The van der Waals surface area contributed by atoms with Crippen molar-refractivity contribution in [3.63, 3.8) is 0 Å². The third kappa shape index (κ3) is 4.40. The maximum atomic E-state index is 12.8. The molecule has 158 valence electrons. The van der Waals surface area contributed by atoms with Gasteiger partial charge < -0.3 is 25.3 Å². The molecule has 3 rings (SSSR count). The Bertz CT molecular complexity index is 828. The van der Waals surface area contributed by atoms with Crippen molar-refractivity contribution in [2.75, 3.05) is 18.0 Å². The highest BCUT2D eigenvalue weighted by atomic mass is 19.4. The fraction of sp³-hybridized carbons (Fsp3) is 0.429. The third-order valence-corrected chi connectivity index (χ3v) is 5.27. The molecular weight excluding hydrogens is 387 g/mol. The lowest BCUT2D eigenvalue weighted by atomic mass is 9.79. The second-order valence-electron chi connectivity index (χ2n) is 7.91. The number of anilines is 1. The summed E-state index contributed by atoms with van der Waals surface area (Å²) >= 11 is 0. The van der Waals surface area contributed by atoms with E-state index in [0.29, 0.717) is 11.6 Å². The van der Waals surface area contributed by atoms with Gasteiger partial charge in [-0.05, 0) is 41.3 Å². The normalized spacial score (nSPS) is 19.6. The third-order valence-electron chi connectivity index (χ3n) is 5.27. The molecule has 1 saturated heterocycles. The second kappa shape index (κ2) is 7.28. The van der Waals surface area contributed by atoms with Gasteiger partial charge in [-0.1, -0.05) is 38.1 Å². The highest BCUT2D eigenvalue weighted by molar-refractivity contribution is 5.50. The smallest absolute Gasteiger partial charge is 0.364 e. The molecule has 0 atom stereocenters. The molecule has 2 aromatic carbocycles. The van der Waals surface area contributed by atoms with E-state index in [1.165, 1.54) is 4.90 Å². The van der Waals surface area contributed by atoms with E-state index >= 15 is 0 Å². The molecule has 0 radical (unpaired) electrons. The van der Waals surface area contributed by atoms with Crippen LogP contribution < -0.4 is 4.90 Å². The van der Waals surface area contributed by atoms with Crippen LogP contribution in [-0.4, -0.2) is 45.1 Å². The van der Waals surface area contributed by atoms with Crippen LogP contribution in [0.2, 0.25) is 0 Å². The van der Waals surface area contributed by atoms with Gasteiger partial charge in [0.1, 0.15) is 0 Å². The van der Waals surface area contributed by atoms with Crippen molar-refractivity contribution in [1.82, 2.24) is 0 Å². The fourth-order valence-electron chi connectivity index (χ4n) is 3.82. The Balaban J connectivity index is 1.89. The Morgan fingerprint density at radius 2 is 1.34 bits per heavy atom. The zero-order valence-corrected chi connectivity index (χ0v) is 16.1. The summed E-state index contributed by atoms with van der Waals surface area (Å²) in [6.45, 7) is 3.37. The van der Waals surface area contributed by atoms with Gasteiger partial charge in [-0.2, -0.15) is 13.2 Å². The number of aliphatic hydroxyl groups is 4. The number of halogens is 3. The fourth-order valence-corrected chi connectivity index (χ4v) is 3.82. The van der Waals surface area contributed by atoms with Crippen molar-refractivity contribution < 1.29 is 33.6 Å². The van der Waals surface area contributed by atoms with Crippen LogP contribution in [0.25, 0.3) is 0 Å². The molecule has 1 aliphatic heterocycles. The van der Waals surface area contributed by atoms with E-state index in [9.17, 15) is 33.6 Å². The summed E-state index contributed by atoms with van der Waals surface area (Å²) in [6, 6.07) is 10.9. The molecule has 8 heteroatoms. The highest BCUT2D eigenvalue weighted by Gasteiger charge is 2.55. The van der Waals surface area contributed by atoms with Crippen LogP contribution in [0.3, 0.4) is 0 Å². The zero-order valence-electron chi connectivity index (χ0n) is 16.1. The zero-order chi connectivity index (χ0) is 21.6. The number of nitrogens with zero attached hydrogens (tertiary/aromatic N) is 1. The Hall–Kier alpha value is -2.13. The SMILES string of the molecule is CC(C)c1ccc(N2CC(O)(O)C(c3ccc(C(F)(F)F)cc3)C(O)(O)C2)cc1. The van der Waals surface area contributed by atoms with Gasteiger partial charge >= 0.3 is 6.18 Å². The molecule has 0 aromatic heterocycles. The Kier molecular flexibility index (Phi) is 5.42. The quantitative estimate of drug-likeness (QED) is 0.584. The van der Waals surface area contributed by atoms with Gasteiger partial charge in [-0.15, -0.1) is 0 Å². The minimum Gasteiger partial charge on any atom is -0.364 e. The lowest BCUT2D eigenvalue weighted by Crippen LogP contribution is -2.65. The number of hydrogen-bond acceptors (Lipinski definition) is 5. The van der Waals surface area contributed by atoms with Crippen LogP contribution in [-0.2, 0) is 6.18 Å². The van der Waals surface area contributed by atoms with E-state index in [4.69, 9.17) is 0 Å². The molecular formula is C21H24F3NO4. The molecule has 4 N–H and O–H groups in total. The van der Waals surface area contributed by atoms with E-state index in [-0.39, 0.29) is 18.7 Å². The molecule has 0 bridgehead atoms. The van der Waals surface area contributed by atoms with E-state index in [1.807, 2.05) is 26.0 Å². The molecule has 0 unspecified atom stereocenters. The van der Waals surface area contributed by atoms with Gasteiger partial charge in [0.2, 0.25) is 0 Å². The van der Waals surface area contributed by atoms with Crippen molar-refractivity contribution >= 4 is 5.69 Å². The Labute approximate surface area is 166 Å². The molecule has 5 nitrogen and oxygen atoms in total. The van der Waals surface area contributed by atoms with Crippen molar-refractivity contribution in [3.8, 4) is 0 Å². The van der Waals surface area contributed by atoms with Crippen LogP contribution in [0, 0.1) is 0 Å². The van der Waals surface area contributed by atoms with E-state index in [2.05, 4.69) is 0 Å². The van der Waals surface area contributed by atoms with E-state index in [0.717, 1.165) is 29.8 Å². The standard InChI is InChI=1S/C21H24F3NO4/c1-13(2)14-5-9-17(10-6-14)25-11-19(26,27)18(20(28,29)12-25)15-3-7-16(8-4-15)21(22,23)24/h3-10,13,18,26-29H,11-12H2,1-2H3. The van der Waals surface area contributed by atoms with Gasteiger partial charge in [0, 0.05) is 5.69 Å². The van der Waals surface area contributed by atoms with E-state index < -0.39 is 29.2 Å². The van der Waals surface area contributed by atoms with Crippen molar-refractivity contribution in [2.24, 2.45) is 0 Å². The number of hydrogen-bond donors (Lipinski definition) is 4. The first-order valence-corrected chi connectivity index (χ1v) is 9.23. The van der Waals surface area contributed by atoms with Crippen LogP contribution in [0.5, 0.6) is 0 Å². The molecule has 1 heterocycles. The molecule has 0 amide bonds. The van der Waals surface area contributed by atoms with Crippen LogP contribution in [0.1, 0.15) is 42.4 Å². The molecule has 1 fully saturated rings. The number of β-amino-alcohol motifs (C(OH)–C–C–N with tert-alkyl or cyclic N) is 4. The highest BCUT2D eigenvalue weighted by Crippen LogP contribution is 2.42. The van der Waals surface area contributed by atoms with Crippen LogP contribution in [0.15, 0.2) is 48.5 Å². The average molecular weight is 411 g/mol.